The third kappa shape index (κ3) is 2.96. The maximum Gasteiger partial charge on any atom is 0.138 e. The molecule has 1 spiro atoms. The van der Waals surface area contributed by atoms with E-state index in [1.165, 1.54) is 30.5 Å². The van der Waals surface area contributed by atoms with E-state index < -0.39 is 0 Å². The van der Waals surface area contributed by atoms with Gasteiger partial charge in [-0.15, -0.1) is 0 Å². The fraction of sp³-hybridized carbons (Fsp3) is 0.333. The summed E-state index contributed by atoms with van der Waals surface area (Å²) in [4.78, 5) is 10.2. The monoisotopic (exact) mass is 417 g/mol. The molecule has 0 bridgehead atoms. The highest BCUT2D eigenvalue weighted by Gasteiger charge is 2.42. The summed E-state index contributed by atoms with van der Waals surface area (Å²) in [6.07, 6.45) is 7.28. The number of nitrogens with one attached hydrogen (secondary N) is 1. The zero-order valence-corrected chi connectivity index (χ0v) is 17.6. The Kier molecular flexibility index (Phi) is 4.22. The zero-order valence-electron chi connectivity index (χ0n) is 16.8. The van der Waals surface area contributed by atoms with E-state index in [1.54, 1.807) is 6.20 Å². The molecule has 4 aromatic rings. The average Bonchev–Trinajstić information content (AvgIpc) is 3.46. The van der Waals surface area contributed by atoms with Crippen molar-refractivity contribution in [2.45, 2.75) is 37.8 Å². The number of aromatic amines is 1. The Labute approximate surface area is 180 Å². The van der Waals surface area contributed by atoms with Crippen LogP contribution >= 0.6 is 11.6 Å². The minimum Gasteiger partial charge on any atom is -0.345 e. The summed E-state index contributed by atoms with van der Waals surface area (Å²) in [7, 11) is 0. The molecule has 1 saturated heterocycles. The maximum absolute atomic E-state index is 6.29. The molecule has 0 aliphatic carbocycles. The van der Waals surface area contributed by atoms with Crippen molar-refractivity contribution in [3.8, 4) is 11.3 Å². The van der Waals surface area contributed by atoms with Gasteiger partial charge >= 0.3 is 0 Å². The summed E-state index contributed by atoms with van der Waals surface area (Å²) in [5.74, 6) is 0. The number of halogens is 1. The Morgan fingerprint density at radius 1 is 1.03 bits per heavy atom. The van der Waals surface area contributed by atoms with Crippen LogP contribution < -0.4 is 0 Å². The van der Waals surface area contributed by atoms with Crippen molar-refractivity contribution < 1.29 is 0 Å². The van der Waals surface area contributed by atoms with E-state index in [2.05, 4.69) is 62.0 Å². The average molecular weight is 418 g/mol. The van der Waals surface area contributed by atoms with Gasteiger partial charge < -0.3 is 4.98 Å². The summed E-state index contributed by atoms with van der Waals surface area (Å²) in [6.45, 7) is 4.34. The van der Waals surface area contributed by atoms with Crippen molar-refractivity contribution in [3.63, 3.8) is 0 Å². The molecule has 3 aromatic heterocycles. The van der Waals surface area contributed by atoms with Crippen molar-refractivity contribution >= 4 is 22.6 Å². The first-order valence-corrected chi connectivity index (χ1v) is 11.1. The van der Waals surface area contributed by atoms with Crippen LogP contribution in [0.1, 0.15) is 30.5 Å². The highest BCUT2D eigenvalue weighted by molar-refractivity contribution is 6.35. The van der Waals surface area contributed by atoms with Crippen molar-refractivity contribution in [1.29, 1.82) is 0 Å². The fourth-order valence-electron chi connectivity index (χ4n) is 5.20. The predicted octanol–water partition coefficient (Wildman–Crippen LogP) is 5.02. The number of piperidine rings is 1. The molecular weight excluding hydrogens is 394 g/mol. The Bertz CT molecular complexity index is 1200. The quantitative estimate of drug-likeness (QED) is 0.509. The topological polar surface area (TPSA) is 49.7 Å². The first kappa shape index (κ1) is 18.2. The molecule has 1 N–H and O–H groups in total. The van der Waals surface area contributed by atoms with Crippen molar-refractivity contribution in [2.75, 3.05) is 13.1 Å². The molecular formula is C24H24ClN5. The van der Waals surface area contributed by atoms with Crippen LogP contribution in [0, 0.1) is 0 Å². The van der Waals surface area contributed by atoms with E-state index in [4.69, 9.17) is 16.7 Å². The summed E-state index contributed by atoms with van der Waals surface area (Å²) in [5, 5.41) is 6.58. The number of hydrogen-bond donors (Lipinski definition) is 1. The van der Waals surface area contributed by atoms with E-state index in [0.29, 0.717) is 5.02 Å². The number of aromatic nitrogens is 4. The summed E-state index contributed by atoms with van der Waals surface area (Å²) in [5.41, 5.74) is 5.92. The van der Waals surface area contributed by atoms with Crippen molar-refractivity contribution in [2.24, 2.45) is 0 Å². The highest BCUT2D eigenvalue weighted by atomic mass is 35.5. The molecule has 6 rings (SSSR count). The molecule has 2 aliphatic heterocycles. The fourth-order valence-corrected chi connectivity index (χ4v) is 5.40. The molecule has 30 heavy (non-hydrogen) atoms. The maximum atomic E-state index is 6.29. The molecule has 1 fully saturated rings. The molecule has 0 unspecified atom stereocenters. The van der Waals surface area contributed by atoms with Crippen LogP contribution in [-0.2, 0) is 18.5 Å². The number of hydrogen-bond acceptors (Lipinski definition) is 3. The van der Waals surface area contributed by atoms with Gasteiger partial charge in [0.15, 0.2) is 0 Å². The Hall–Kier alpha value is -2.63. The number of benzene rings is 1. The molecule has 0 saturated carbocycles. The van der Waals surface area contributed by atoms with Gasteiger partial charge in [-0.3, -0.25) is 9.58 Å². The number of aryl methyl sites for hydroxylation is 1. The minimum atomic E-state index is 0.266. The second-order valence-electron chi connectivity index (χ2n) is 8.69. The van der Waals surface area contributed by atoms with Gasteiger partial charge in [0.25, 0.3) is 0 Å². The lowest BCUT2D eigenvalue weighted by molar-refractivity contribution is 0.152. The molecule has 0 amide bonds. The predicted molar refractivity (Wildman–Crippen MR) is 120 cm³/mol. The van der Waals surface area contributed by atoms with Crippen LogP contribution in [0.5, 0.6) is 0 Å². The first-order chi connectivity index (χ1) is 14.7. The molecule has 152 valence electrons. The third-order valence-corrected chi connectivity index (χ3v) is 7.28. The molecule has 5 nitrogen and oxygen atoms in total. The number of H-pyrrole nitrogens is 1. The van der Waals surface area contributed by atoms with E-state index in [1.807, 2.05) is 6.20 Å². The standard InChI is InChI=1S/C24H24ClN5/c25-20-15-27-23-19(20)12-18(14-26-23)21-13-22-24(8-11-30(22)28-21)6-9-29(10-7-24)16-17-4-2-1-3-5-17/h1-5,12-15H,6-11,16H2,(H,26,27). The molecule has 0 atom stereocenters. The van der Waals surface area contributed by atoms with Gasteiger partial charge in [0.2, 0.25) is 0 Å². The molecule has 2 aliphatic rings. The highest BCUT2D eigenvalue weighted by Crippen LogP contribution is 2.44. The van der Waals surface area contributed by atoms with Crippen molar-refractivity contribution in [1.82, 2.24) is 24.6 Å². The lowest BCUT2D eigenvalue weighted by atomic mass is 9.74. The Balaban J connectivity index is 1.24. The van der Waals surface area contributed by atoms with Gasteiger partial charge in [0.1, 0.15) is 5.65 Å². The summed E-state index contributed by atoms with van der Waals surface area (Å²) < 4.78 is 2.23. The number of nitrogens with zero attached hydrogens (tertiary/aromatic N) is 4. The zero-order chi connectivity index (χ0) is 20.1. The number of likely N-dealkylation sites (tertiary alicyclic amines) is 1. The van der Waals surface area contributed by atoms with Crippen LogP contribution in [0.15, 0.2) is 54.9 Å². The normalized spacial score (nSPS) is 18.3. The van der Waals surface area contributed by atoms with Gasteiger partial charge in [0.05, 0.1) is 10.7 Å². The summed E-state index contributed by atoms with van der Waals surface area (Å²) >= 11 is 6.29. The van der Waals surface area contributed by atoms with E-state index >= 15 is 0 Å². The van der Waals surface area contributed by atoms with Gasteiger partial charge in [-0.2, -0.15) is 5.10 Å². The molecule has 5 heterocycles. The minimum absolute atomic E-state index is 0.266. The third-order valence-electron chi connectivity index (χ3n) is 6.96. The Morgan fingerprint density at radius 3 is 2.67 bits per heavy atom. The van der Waals surface area contributed by atoms with Gasteiger partial charge in [-0.05, 0) is 50.0 Å². The second-order valence-corrected chi connectivity index (χ2v) is 9.09. The van der Waals surface area contributed by atoms with Gasteiger partial charge in [-0.25, -0.2) is 4.98 Å². The number of rotatable bonds is 3. The largest absolute Gasteiger partial charge is 0.345 e. The van der Waals surface area contributed by atoms with Crippen LogP contribution in [0.3, 0.4) is 0 Å². The first-order valence-electron chi connectivity index (χ1n) is 10.7. The smallest absolute Gasteiger partial charge is 0.138 e. The Morgan fingerprint density at radius 2 is 1.83 bits per heavy atom. The van der Waals surface area contributed by atoms with Gasteiger partial charge in [0, 0.05) is 47.5 Å². The molecule has 1 aromatic carbocycles. The number of pyridine rings is 1. The van der Waals surface area contributed by atoms with Crippen LogP contribution in [0.2, 0.25) is 5.02 Å². The van der Waals surface area contributed by atoms with Crippen molar-refractivity contribution in [3.05, 3.63) is 71.1 Å². The van der Waals surface area contributed by atoms with Crippen LogP contribution in [-0.4, -0.2) is 37.7 Å². The lowest BCUT2D eigenvalue weighted by Gasteiger charge is -2.39. The van der Waals surface area contributed by atoms with Crippen LogP contribution in [0.25, 0.3) is 22.3 Å². The number of fused-ring (bicyclic) bond motifs is 3. The molecule has 0 radical (unpaired) electrons. The summed E-state index contributed by atoms with van der Waals surface area (Å²) in [6, 6.07) is 15.2. The lowest BCUT2D eigenvalue weighted by Crippen LogP contribution is -2.41. The second kappa shape index (κ2) is 6.96. The molecule has 6 heteroatoms. The SMILES string of the molecule is Clc1c[nH]c2ncc(-c3cc4n(n3)CCC43CCN(Cc4ccccc4)CC3)cc12. The van der Waals surface area contributed by atoms with E-state index in [9.17, 15) is 0 Å². The van der Waals surface area contributed by atoms with Crippen LogP contribution in [0.4, 0.5) is 0 Å². The van der Waals surface area contributed by atoms with E-state index in [0.717, 1.165) is 48.5 Å². The van der Waals surface area contributed by atoms with Gasteiger partial charge in [-0.1, -0.05) is 41.9 Å². The van der Waals surface area contributed by atoms with E-state index in [-0.39, 0.29) is 5.41 Å².